The summed E-state index contributed by atoms with van der Waals surface area (Å²) < 4.78 is 7.99. The minimum atomic E-state index is -1.36. The Morgan fingerprint density at radius 3 is 2.71 bits per heavy atom. The molecule has 4 rings (SSSR count). The van der Waals surface area contributed by atoms with Crippen LogP contribution >= 0.6 is 0 Å². The number of imidazole rings is 1. The first-order valence-corrected chi connectivity index (χ1v) is 8.97. The van der Waals surface area contributed by atoms with Crippen molar-refractivity contribution in [1.82, 2.24) is 34.6 Å². The SMILES string of the molecule is Nc1nc(-n2cc(C(=O)NCC(=O)O)cn2)nc2c1ncn2[C@@H]1O[C@H](CO)[C@@H](O)[C@H]1O. The number of rotatable bonds is 6. The van der Waals surface area contributed by atoms with Gasteiger partial charge in [-0.15, -0.1) is 0 Å². The minimum Gasteiger partial charge on any atom is -0.480 e. The van der Waals surface area contributed by atoms with Crippen LogP contribution < -0.4 is 11.1 Å². The summed E-state index contributed by atoms with van der Waals surface area (Å²) in [6, 6.07) is 0. The van der Waals surface area contributed by atoms with Gasteiger partial charge in [-0.25, -0.2) is 9.67 Å². The van der Waals surface area contributed by atoms with Gasteiger partial charge in [-0.05, 0) is 0 Å². The van der Waals surface area contributed by atoms with E-state index in [9.17, 15) is 24.9 Å². The molecule has 0 bridgehead atoms. The summed E-state index contributed by atoms with van der Waals surface area (Å²) in [7, 11) is 0. The van der Waals surface area contributed by atoms with Crippen LogP contribution in [0.15, 0.2) is 18.7 Å². The summed E-state index contributed by atoms with van der Waals surface area (Å²) in [5.74, 6) is -1.90. The van der Waals surface area contributed by atoms with Gasteiger partial charge in [0, 0.05) is 6.20 Å². The standard InChI is InChI=1S/C16H18N8O7/c17-12-9-13(23(5-19-9)15-11(29)10(28)7(4-25)31-15)22-16(21-12)24-3-6(1-20-24)14(30)18-2-8(26)27/h1,3,5,7,10-11,15,25,28-29H,2,4H2,(H,18,30)(H,26,27)(H2,17,21,22)/t7-,10-,11-,15-/m1/s1. The van der Waals surface area contributed by atoms with E-state index in [1.807, 2.05) is 0 Å². The molecule has 0 aliphatic carbocycles. The van der Waals surface area contributed by atoms with E-state index in [0.29, 0.717) is 0 Å². The number of amides is 1. The fourth-order valence-electron chi connectivity index (χ4n) is 3.13. The van der Waals surface area contributed by atoms with Crippen LogP contribution in [0.5, 0.6) is 0 Å². The summed E-state index contributed by atoms with van der Waals surface area (Å²) >= 11 is 0. The molecule has 0 aromatic carbocycles. The number of aromatic nitrogens is 6. The van der Waals surface area contributed by atoms with E-state index in [1.165, 1.54) is 23.3 Å². The van der Waals surface area contributed by atoms with Crippen LogP contribution in [0, 0.1) is 0 Å². The third-order valence-corrected chi connectivity index (χ3v) is 4.68. The molecule has 31 heavy (non-hydrogen) atoms. The summed E-state index contributed by atoms with van der Waals surface area (Å²) in [6.45, 7) is -1.05. The predicted octanol–water partition coefficient (Wildman–Crippen LogP) is -2.98. The molecule has 1 fully saturated rings. The second kappa shape index (κ2) is 7.88. The molecular weight excluding hydrogens is 416 g/mol. The van der Waals surface area contributed by atoms with Crippen molar-refractivity contribution in [1.29, 1.82) is 0 Å². The number of nitrogens with one attached hydrogen (secondary N) is 1. The van der Waals surface area contributed by atoms with Gasteiger partial charge in [-0.1, -0.05) is 0 Å². The molecule has 0 saturated carbocycles. The monoisotopic (exact) mass is 434 g/mol. The number of fused-ring (bicyclic) bond motifs is 1. The van der Waals surface area contributed by atoms with Gasteiger partial charge in [0.25, 0.3) is 11.9 Å². The third-order valence-electron chi connectivity index (χ3n) is 4.68. The highest BCUT2D eigenvalue weighted by Gasteiger charge is 2.44. The highest BCUT2D eigenvalue weighted by molar-refractivity contribution is 5.95. The van der Waals surface area contributed by atoms with E-state index < -0.39 is 49.6 Å². The summed E-state index contributed by atoms with van der Waals surface area (Å²) in [5.41, 5.74) is 6.39. The van der Waals surface area contributed by atoms with Crippen molar-refractivity contribution in [3.8, 4) is 5.95 Å². The second-order valence-electron chi connectivity index (χ2n) is 6.71. The number of carbonyl (C=O) groups is 2. The van der Waals surface area contributed by atoms with Gasteiger partial charge in [0.1, 0.15) is 30.4 Å². The van der Waals surface area contributed by atoms with Crippen molar-refractivity contribution in [2.24, 2.45) is 0 Å². The van der Waals surface area contributed by atoms with Crippen molar-refractivity contribution in [3.05, 3.63) is 24.3 Å². The van der Waals surface area contributed by atoms with E-state index in [4.69, 9.17) is 15.6 Å². The van der Waals surface area contributed by atoms with Gasteiger partial charge < -0.3 is 36.2 Å². The van der Waals surface area contributed by atoms with Crippen molar-refractivity contribution in [3.63, 3.8) is 0 Å². The fraction of sp³-hybridized carbons (Fsp3) is 0.375. The number of aliphatic hydroxyl groups is 3. The number of hydrogen-bond donors (Lipinski definition) is 6. The molecule has 1 saturated heterocycles. The van der Waals surface area contributed by atoms with Gasteiger partial charge in [-0.3, -0.25) is 14.2 Å². The van der Waals surface area contributed by atoms with E-state index in [-0.39, 0.29) is 28.5 Å². The maximum Gasteiger partial charge on any atom is 0.322 e. The van der Waals surface area contributed by atoms with Crippen LogP contribution in [0.3, 0.4) is 0 Å². The Bertz CT molecular complexity index is 1140. The average molecular weight is 434 g/mol. The van der Waals surface area contributed by atoms with Gasteiger partial charge in [0.2, 0.25) is 0 Å². The van der Waals surface area contributed by atoms with E-state index >= 15 is 0 Å². The number of hydrogen-bond acceptors (Lipinski definition) is 11. The minimum absolute atomic E-state index is 0.0159. The zero-order valence-electron chi connectivity index (χ0n) is 15.7. The van der Waals surface area contributed by atoms with Gasteiger partial charge in [0.05, 0.1) is 24.7 Å². The van der Waals surface area contributed by atoms with Crippen LogP contribution in [-0.4, -0.2) is 93.1 Å². The van der Waals surface area contributed by atoms with E-state index in [0.717, 1.165) is 4.68 Å². The molecule has 15 nitrogen and oxygen atoms in total. The molecule has 0 radical (unpaired) electrons. The first kappa shape index (κ1) is 20.6. The smallest absolute Gasteiger partial charge is 0.322 e. The number of carboxylic acid groups (broad SMARTS) is 1. The molecule has 15 heteroatoms. The Hall–Kier alpha value is -3.66. The summed E-state index contributed by atoms with van der Waals surface area (Å²) in [5, 5.41) is 44.4. The van der Waals surface area contributed by atoms with Crippen molar-refractivity contribution in [2.75, 3.05) is 18.9 Å². The maximum absolute atomic E-state index is 12.0. The Morgan fingerprint density at radius 1 is 1.26 bits per heavy atom. The number of aliphatic hydroxyl groups excluding tert-OH is 3. The average Bonchev–Trinajstić information content (AvgIpc) is 3.45. The summed E-state index contributed by atoms with van der Waals surface area (Å²) in [6.07, 6.45) is -0.973. The first-order chi connectivity index (χ1) is 14.8. The third kappa shape index (κ3) is 3.66. The Kier molecular flexibility index (Phi) is 5.24. The van der Waals surface area contributed by atoms with Crippen LogP contribution in [0.1, 0.15) is 16.6 Å². The Balaban J connectivity index is 1.68. The van der Waals surface area contributed by atoms with E-state index in [2.05, 4.69) is 25.4 Å². The topological polar surface area (TPSA) is 224 Å². The predicted molar refractivity (Wildman–Crippen MR) is 99.8 cm³/mol. The van der Waals surface area contributed by atoms with Crippen molar-refractivity contribution >= 4 is 28.9 Å². The Morgan fingerprint density at radius 2 is 2.03 bits per heavy atom. The molecule has 1 aliphatic rings. The number of ether oxygens (including phenoxy) is 1. The summed E-state index contributed by atoms with van der Waals surface area (Å²) in [4.78, 5) is 35.1. The van der Waals surface area contributed by atoms with Crippen LogP contribution in [-0.2, 0) is 9.53 Å². The molecular formula is C16H18N8O7. The quantitative estimate of drug-likeness (QED) is 0.229. The largest absolute Gasteiger partial charge is 0.480 e. The molecule has 0 spiro atoms. The maximum atomic E-state index is 12.0. The molecule has 0 unspecified atom stereocenters. The van der Waals surface area contributed by atoms with Crippen LogP contribution in [0.4, 0.5) is 5.82 Å². The molecule has 7 N–H and O–H groups in total. The lowest BCUT2D eigenvalue weighted by molar-refractivity contribution is -0.135. The first-order valence-electron chi connectivity index (χ1n) is 8.97. The van der Waals surface area contributed by atoms with Crippen molar-refractivity contribution < 1.29 is 34.8 Å². The number of aliphatic carboxylic acids is 1. The van der Waals surface area contributed by atoms with Crippen LogP contribution in [0.25, 0.3) is 17.1 Å². The molecule has 1 aliphatic heterocycles. The van der Waals surface area contributed by atoms with Crippen molar-refractivity contribution in [2.45, 2.75) is 24.5 Å². The number of nitrogen functional groups attached to an aromatic ring is 1. The highest BCUT2D eigenvalue weighted by atomic mass is 16.6. The molecule has 3 aromatic heterocycles. The second-order valence-corrected chi connectivity index (χ2v) is 6.71. The molecule has 3 aromatic rings. The lowest BCUT2D eigenvalue weighted by Gasteiger charge is -2.16. The Labute approximate surface area is 172 Å². The van der Waals surface area contributed by atoms with E-state index in [1.54, 1.807) is 0 Å². The molecule has 4 atom stereocenters. The number of carbonyl (C=O) groups excluding carboxylic acids is 1. The lowest BCUT2D eigenvalue weighted by atomic mass is 10.1. The number of nitrogens with two attached hydrogens (primary N) is 1. The fourth-order valence-corrected chi connectivity index (χ4v) is 3.13. The number of carboxylic acids is 1. The molecule has 1 amide bonds. The normalized spacial score (nSPS) is 23.3. The molecule has 4 heterocycles. The number of nitrogens with zero attached hydrogens (tertiary/aromatic N) is 6. The molecule has 164 valence electrons. The van der Waals surface area contributed by atoms with Gasteiger partial charge >= 0.3 is 5.97 Å². The zero-order chi connectivity index (χ0) is 22.3. The highest BCUT2D eigenvalue weighted by Crippen LogP contribution is 2.32. The number of anilines is 1. The van der Waals surface area contributed by atoms with Crippen LogP contribution in [0.2, 0.25) is 0 Å². The zero-order valence-corrected chi connectivity index (χ0v) is 15.7. The van der Waals surface area contributed by atoms with Gasteiger partial charge in [0.15, 0.2) is 17.7 Å². The lowest BCUT2D eigenvalue weighted by Crippen LogP contribution is -2.33. The van der Waals surface area contributed by atoms with Gasteiger partial charge in [-0.2, -0.15) is 15.1 Å².